The number of methoxy groups -OCH3 is 1. The van der Waals surface area contributed by atoms with Gasteiger partial charge in [0, 0.05) is 5.88 Å². The number of rotatable bonds is 8. The van der Waals surface area contributed by atoms with Crippen LogP contribution in [0.4, 0.5) is 0 Å². The van der Waals surface area contributed by atoms with Gasteiger partial charge in [-0.15, -0.1) is 11.6 Å². The lowest BCUT2D eigenvalue weighted by molar-refractivity contribution is 0.0931. The van der Waals surface area contributed by atoms with E-state index in [1.165, 1.54) is 11.1 Å². The number of hydrogen-bond acceptors (Lipinski definition) is 2. The highest BCUT2D eigenvalue weighted by molar-refractivity contribution is 6.18. The van der Waals surface area contributed by atoms with Crippen molar-refractivity contribution in [2.45, 2.75) is 13.0 Å². The summed E-state index contributed by atoms with van der Waals surface area (Å²) in [5.74, 6) is 1.80. The van der Waals surface area contributed by atoms with Crippen LogP contribution in [0.3, 0.4) is 0 Å². The Bertz CT molecular complexity index is 511. The van der Waals surface area contributed by atoms with Gasteiger partial charge in [-0.1, -0.05) is 42.5 Å². The largest absolute Gasteiger partial charge is 0.497 e. The van der Waals surface area contributed by atoms with Crippen molar-refractivity contribution in [3.05, 3.63) is 65.7 Å². The van der Waals surface area contributed by atoms with Crippen molar-refractivity contribution >= 4 is 11.6 Å². The molecule has 0 saturated heterocycles. The zero-order valence-corrected chi connectivity index (χ0v) is 13.1. The fourth-order valence-electron chi connectivity index (χ4n) is 2.17. The molecule has 2 nitrogen and oxygen atoms in total. The highest BCUT2D eigenvalue weighted by Crippen LogP contribution is 2.16. The van der Waals surface area contributed by atoms with E-state index in [0.29, 0.717) is 25.0 Å². The van der Waals surface area contributed by atoms with E-state index in [1.807, 2.05) is 30.3 Å². The van der Waals surface area contributed by atoms with Gasteiger partial charge in [0.2, 0.25) is 0 Å². The maximum atomic E-state index is 6.05. The Labute approximate surface area is 131 Å². The summed E-state index contributed by atoms with van der Waals surface area (Å²) in [6.45, 7) is 1.31. The van der Waals surface area contributed by atoms with Crippen LogP contribution in [0.5, 0.6) is 5.75 Å². The van der Waals surface area contributed by atoms with Gasteiger partial charge in [0.15, 0.2) is 0 Å². The van der Waals surface area contributed by atoms with Gasteiger partial charge in [0.1, 0.15) is 5.75 Å². The van der Waals surface area contributed by atoms with Crippen LogP contribution in [-0.2, 0) is 17.8 Å². The molecule has 1 atom stereocenters. The summed E-state index contributed by atoms with van der Waals surface area (Å²) in [5.41, 5.74) is 2.44. The van der Waals surface area contributed by atoms with Gasteiger partial charge in [-0.05, 0) is 35.6 Å². The number of benzene rings is 2. The van der Waals surface area contributed by atoms with Crippen LogP contribution in [0.25, 0.3) is 0 Å². The molecule has 0 aliphatic carbocycles. The van der Waals surface area contributed by atoms with Crippen LogP contribution in [0, 0.1) is 5.92 Å². The zero-order valence-electron chi connectivity index (χ0n) is 12.3. The fraction of sp³-hybridized carbons (Fsp3) is 0.333. The van der Waals surface area contributed by atoms with Crippen molar-refractivity contribution in [1.82, 2.24) is 0 Å². The molecule has 0 aliphatic heterocycles. The predicted octanol–water partition coefficient (Wildman–Crippen LogP) is 4.31. The molecule has 0 amide bonds. The molecule has 0 aliphatic rings. The SMILES string of the molecule is COc1ccc(CC(CCl)COCc2ccccc2)cc1. The molecule has 0 bridgehead atoms. The average molecular weight is 305 g/mol. The Morgan fingerprint density at radius 2 is 1.67 bits per heavy atom. The van der Waals surface area contributed by atoms with Gasteiger partial charge in [0.25, 0.3) is 0 Å². The highest BCUT2D eigenvalue weighted by atomic mass is 35.5. The van der Waals surface area contributed by atoms with Crippen molar-refractivity contribution in [3.8, 4) is 5.75 Å². The standard InChI is InChI=1S/C18H21ClO2/c1-20-18-9-7-15(8-10-18)11-17(12-19)14-21-13-16-5-3-2-4-6-16/h2-10,17H,11-14H2,1H3. The van der Waals surface area contributed by atoms with Crippen LogP contribution in [-0.4, -0.2) is 19.6 Å². The van der Waals surface area contributed by atoms with Crippen molar-refractivity contribution in [3.63, 3.8) is 0 Å². The highest BCUT2D eigenvalue weighted by Gasteiger charge is 2.09. The topological polar surface area (TPSA) is 18.5 Å². The summed E-state index contributed by atoms with van der Waals surface area (Å²) in [7, 11) is 1.67. The Morgan fingerprint density at radius 1 is 0.952 bits per heavy atom. The first-order valence-electron chi connectivity index (χ1n) is 7.12. The Morgan fingerprint density at radius 3 is 2.29 bits per heavy atom. The number of ether oxygens (including phenoxy) is 2. The third-order valence-electron chi connectivity index (χ3n) is 3.37. The lowest BCUT2D eigenvalue weighted by Gasteiger charge is -2.14. The normalized spacial score (nSPS) is 12.1. The maximum absolute atomic E-state index is 6.05. The van der Waals surface area contributed by atoms with Gasteiger partial charge in [-0.2, -0.15) is 0 Å². The summed E-state index contributed by atoms with van der Waals surface area (Å²) in [4.78, 5) is 0. The third-order valence-corrected chi connectivity index (χ3v) is 3.80. The third kappa shape index (κ3) is 5.41. The van der Waals surface area contributed by atoms with Gasteiger partial charge in [-0.25, -0.2) is 0 Å². The fourth-order valence-corrected chi connectivity index (χ4v) is 2.37. The summed E-state index contributed by atoms with van der Waals surface area (Å²) in [6.07, 6.45) is 0.919. The van der Waals surface area contributed by atoms with Crippen molar-refractivity contribution < 1.29 is 9.47 Å². The molecule has 1 unspecified atom stereocenters. The molecule has 2 rings (SSSR count). The molecular weight excluding hydrogens is 284 g/mol. The molecule has 21 heavy (non-hydrogen) atoms. The van der Waals surface area contributed by atoms with E-state index in [-0.39, 0.29) is 0 Å². The minimum absolute atomic E-state index is 0.323. The monoisotopic (exact) mass is 304 g/mol. The molecule has 0 N–H and O–H groups in total. The summed E-state index contributed by atoms with van der Waals surface area (Å²) >= 11 is 6.05. The maximum Gasteiger partial charge on any atom is 0.118 e. The first kappa shape index (κ1) is 15.9. The quantitative estimate of drug-likeness (QED) is 0.677. The number of hydrogen-bond donors (Lipinski definition) is 0. The number of alkyl halides is 1. The molecule has 112 valence electrons. The minimum Gasteiger partial charge on any atom is -0.497 e. The molecule has 2 aromatic rings. The lowest BCUT2D eigenvalue weighted by Crippen LogP contribution is -2.14. The molecule has 3 heteroatoms. The van der Waals surface area contributed by atoms with E-state index in [9.17, 15) is 0 Å². The van der Waals surface area contributed by atoms with E-state index in [2.05, 4.69) is 24.3 Å². The zero-order chi connectivity index (χ0) is 14.9. The van der Waals surface area contributed by atoms with Gasteiger partial charge < -0.3 is 9.47 Å². The van der Waals surface area contributed by atoms with Crippen LogP contribution >= 0.6 is 11.6 Å². The van der Waals surface area contributed by atoms with Crippen LogP contribution < -0.4 is 4.74 Å². The van der Waals surface area contributed by atoms with E-state index in [1.54, 1.807) is 7.11 Å². The second-order valence-corrected chi connectivity index (χ2v) is 5.38. The van der Waals surface area contributed by atoms with Crippen LogP contribution in [0.2, 0.25) is 0 Å². The summed E-state index contributed by atoms with van der Waals surface area (Å²) < 4.78 is 10.9. The molecule has 0 spiro atoms. The van der Waals surface area contributed by atoms with Gasteiger partial charge in [-0.3, -0.25) is 0 Å². The Balaban J connectivity index is 1.79. The number of halogens is 1. The molecule has 0 aromatic heterocycles. The molecule has 0 radical (unpaired) electrons. The second-order valence-electron chi connectivity index (χ2n) is 5.07. The molecule has 0 fully saturated rings. The Kier molecular flexibility index (Phi) is 6.58. The summed E-state index contributed by atoms with van der Waals surface area (Å²) in [6, 6.07) is 18.3. The predicted molar refractivity (Wildman–Crippen MR) is 87.0 cm³/mol. The van der Waals surface area contributed by atoms with E-state index >= 15 is 0 Å². The molecule has 0 heterocycles. The second kappa shape index (κ2) is 8.71. The lowest BCUT2D eigenvalue weighted by atomic mass is 10.0. The van der Waals surface area contributed by atoms with Crippen molar-refractivity contribution in [1.29, 1.82) is 0 Å². The van der Waals surface area contributed by atoms with Crippen LogP contribution in [0.1, 0.15) is 11.1 Å². The first-order valence-corrected chi connectivity index (χ1v) is 7.66. The van der Waals surface area contributed by atoms with E-state index < -0.39 is 0 Å². The smallest absolute Gasteiger partial charge is 0.118 e. The molecule has 2 aromatic carbocycles. The van der Waals surface area contributed by atoms with E-state index in [0.717, 1.165) is 12.2 Å². The summed E-state index contributed by atoms with van der Waals surface area (Å²) in [5, 5.41) is 0. The van der Waals surface area contributed by atoms with Crippen molar-refractivity contribution in [2.24, 2.45) is 5.92 Å². The molecule has 0 saturated carbocycles. The van der Waals surface area contributed by atoms with Gasteiger partial charge >= 0.3 is 0 Å². The first-order chi connectivity index (χ1) is 10.3. The molecular formula is C18H21ClO2. The van der Waals surface area contributed by atoms with Crippen molar-refractivity contribution in [2.75, 3.05) is 19.6 Å². The van der Waals surface area contributed by atoms with E-state index in [4.69, 9.17) is 21.1 Å². The van der Waals surface area contributed by atoms with Gasteiger partial charge in [0.05, 0.1) is 20.3 Å². The van der Waals surface area contributed by atoms with Crippen LogP contribution in [0.15, 0.2) is 54.6 Å². The Hall–Kier alpha value is -1.51. The average Bonchev–Trinajstić information content (AvgIpc) is 2.55. The minimum atomic E-state index is 0.323.